The highest BCUT2D eigenvalue weighted by molar-refractivity contribution is 5.93. The Morgan fingerprint density at radius 3 is 2.74 bits per heavy atom. The van der Waals surface area contributed by atoms with E-state index in [9.17, 15) is 14.4 Å². The van der Waals surface area contributed by atoms with Crippen LogP contribution in [-0.2, 0) is 18.3 Å². The Balaban J connectivity index is 2.37. The van der Waals surface area contributed by atoms with Gasteiger partial charge in [-0.15, -0.1) is 0 Å². The van der Waals surface area contributed by atoms with Crippen LogP contribution in [0.2, 0.25) is 0 Å². The molecule has 1 saturated heterocycles. The zero-order valence-corrected chi connectivity index (χ0v) is 11.2. The quantitative estimate of drug-likeness (QED) is 0.739. The van der Waals surface area contributed by atoms with E-state index in [1.165, 1.54) is 24.7 Å². The molecule has 1 aromatic rings. The maximum atomic E-state index is 12.0. The molecule has 1 aromatic heterocycles. The Hall–Kier alpha value is -1.69. The van der Waals surface area contributed by atoms with Gasteiger partial charge in [0.2, 0.25) is 0 Å². The lowest BCUT2D eigenvalue weighted by Gasteiger charge is -2.23. The van der Waals surface area contributed by atoms with Crippen LogP contribution in [0.5, 0.6) is 0 Å². The molecule has 0 aromatic carbocycles. The molecule has 6 nitrogen and oxygen atoms in total. The molecule has 2 heterocycles. The van der Waals surface area contributed by atoms with Crippen LogP contribution in [0.3, 0.4) is 0 Å². The van der Waals surface area contributed by atoms with Crippen LogP contribution in [-0.4, -0.2) is 27.6 Å². The summed E-state index contributed by atoms with van der Waals surface area (Å²) in [6.07, 6.45) is 4.33. The third-order valence-corrected chi connectivity index (χ3v) is 3.41. The van der Waals surface area contributed by atoms with Gasteiger partial charge in [-0.25, -0.2) is 4.79 Å². The molecule has 0 aliphatic carbocycles. The number of carbonyl (C=O) groups excluding carboxylic acids is 1. The van der Waals surface area contributed by atoms with Gasteiger partial charge in [0.25, 0.3) is 5.56 Å². The molecule has 0 unspecified atom stereocenters. The predicted molar refractivity (Wildman–Crippen MR) is 69.5 cm³/mol. The van der Waals surface area contributed by atoms with Gasteiger partial charge in [0.1, 0.15) is 0 Å². The van der Waals surface area contributed by atoms with E-state index in [0.717, 1.165) is 23.8 Å². The molecule has 1 fully saturated rings. The average Bonchev–Trinajstić information content (AvgIpc) is 2.40. The molecule has 0 radical (unpaired) electrons. The molecule has 1 aliphatic rings. The number of rotatable bonds is 3. The third kappa shape index (κ3) is 2.84. The van der Waals surface area contributed by atoms with Gasteiger partial charge in [-0.2, -0.15) is 0 Å². The van der Waals surface area contributed by atoms with Crippen LogP contribution >= 0.6 is 0 Å². The Labute approximate surface area is 110 Å². The molecule has 104 valence electrons. The van der Waals surface area contributed by atoms with E-state index >= 15 is 0 Å². The van der Waals surface area contributed by atoms with Gasteiger partial charge in [0, 0.05) is 19.9 Å². The lowest BCUT2D eigenvalue weighted by Crippen LogP contribution is -2.42. The Morgan fingerprint density at radius 1 is 1.42 bits per heavy atom. The summed E-state index contributed by atoms with van der Waals surface area (Å²) in [5.74, 6) is -0.334. The maximum absolute atomic E-state index is 12.0. The molecule has 0 spiro atoms. The number of nitrogens with zero attached hydrogens (tertiary/aromatic N) is 2. The number of Topliss-reactive ketones (excluding diaryl/α,β-unsaturated/α-hetero) is 1. The first-order valence-electron chi connectivity index (χ1n) is 6.43. The molecule has 19 heavy (non-hydrogen) atoms. The predicted octanol–water partition coefficient (Wildman–Crippen LogP) is 0.319. The van der Waals surface area contributed by atoms with Gasteiger partial charge in [-0.1, -0.05) is 0 Å². The topological polar surface area (TPSA) is 70.3 Å². The van der Waals surface area contributed by atoms with Crippen molar-refractivity contribution in [1.82, 2.24) is 9.13 Å². The molecule has 0 amide bonds. The Kier molecular flexibility index (Phi) is 3.99. The van der Waals surface area contributed by atoms with E-state index < -0.39 is 11.2 Å². The Morgan fingerprint density at radius 2 is 2.16 bits per heavy atom. The summed E-state index contributed by atoms with van der Waals surface area (Å²) in [7, 11) is 1.38. The minimum atomic E-state index is -0.543. The average molecular weight is 266 g/mol. The van der Waals surface area contributed by atoms with Crippen molar-refractivity contribution in [2.75, 3.05) is 6.61 Å². The highest BCUT2D eigenvalue weighted by atomic mass is 16.5. The maximum Gasteiger partial charge on any atom is 0.330 e. The van der Waals surface area contributed by atoms with E-state index in [4.69, 9.17) is 4.74 Å². The van der Waals surface area contributed by atoms with Crippen molar-refractivity contribution in [3.05, 3.63) is 32.6 Å². The zero-order valence-electron chi connectivity index (χ0n) is 11.2. The van der Waals surface area contributed by atoms with Crippen molar-refractivity contribution in [3.8, 4) is 0 Å². The van der Waals surface area contributed by atoms with Crippen molar-refractivity contribution in [3.63, 3.8) is 0 Å². The van der Waals surface area contributed by atoms with E-state index in [1.807, 2.05) is 0 Å². The van der Waals surface area contributed by atoms with E-state index in [0.29, 0.717) is 13.2 Å². The number of hydrogen-bond acceptors (Lipinski definition) is 4. The van der Waals surface area contributed by atoms with Gasteiger partial charge >= 0.3 is 5.69 Å². The second-order valence-corrected chi connectivity index (χ2v) is 4.89. The van der Waals surface area contributed by atoms with Crippen molar-refractivity contribution in [2.45, 2.75) is 38.8 Å². The zero-order chi connectivity index (χ0) is 14.0. The standard InChI is InChI=1S/C13H18N2O4/c1-9(16)11-8-15(13(18)14(2)12(11)17)7-10-5-3-4-6-19-10/h8,10H,3-7H2,1-2H3/t10-/m0/s1. The van der Waals surface area contributed by atoms with E-state index in [1.54, 1.807) is 0 Å². The van der Waals surface area contributed by atoms with Gasteiger partial charge in [0.15, 0.2) is 5.78 Å². The van der Waals surface area contributed by atoms with Gasteiger partial charge in [0.05, 0.1) is 18.2 Å². The number of hydrogen-bond donors (Lipinski definition) is 0. The lowest BCUT2D eigenvalue weighted by atomic mass is 10.1. The summed E-state index contributed by atoms with van der Waals surface area (Å²) in [6.45, 7) is 2.40. The molecule has 1 aliphatic heterocycles. The van der Waals surface area contributed by atoms with E-state index in [-0.39, 0.29) is 17.5 Å². The summed E-state index contributed by atoms with van der Waals surface area (Å²) < 4.78 is 7.94. The van der Waals surface area contributed by atoms with Crippen LogP contribution in [0, 0.1) is 0 Å². The van der Waals surface area contributed by atoms with Gasteiger partial charge < -0.3 is 4.74 Å². The highest BCUT2D eigenvalue weighted by Gasteiger charge is 2.18. The first-order chi connectivity index (χ1) is 9.00. The van der Waals surface area contributed by atoms with Gasteiger partial charge in [-0.3, -0.25) is 18.7 Å². The molecular weight excluding hydrogens is 248 g/mol. The number of ketones is 1. The monoisotopic (exact) mass is 266 g/mol. The van der Waals surface area contributed by atoms with Crippen LogP contribution < -0.4 is 11.2 Å². The third-order valence-electron chi connectivity index (χ3n) is 3.41. The molecular formula is C13H18N2O4. The fourth-order valence-electron chi connectivity index (χ4n) is 2.27. The van der Waals surface area contributed by atoms with Crippen LogP contribution in [0.25, 0.3) is 0 Å². The molecule has 1 atom stereocenters. The highest BCUT2D eigenvalue weighted by Crippen LogP contribution is 2.13. The second-order valence-electron chi connectivity index (χ2n) is 4.89. The largest absolute Gasteiger partial charge is 0.376 e. The first-order valence-corrected chi connectivity index (χ1v) is 6.43. The smallest absolute Gasteiger partial charge is 0.330 e. The second kappa shape index (κ2) is 5.52. The minimum absolute atomic E-state index is 0.0243. The van der Waals surface area contributed by atoms with Crippen molar-refractivity contribution >= 4 is 5.78 Å². The minimum Gasteiger partial charge on any atom is -0.376 e. The molecule has 0 N–H and O–H groups in total. The van der Waals surface area contributed by atoms with Crippen molar-refractivity contribution < 1.29 is 9.53 Å². The fraction of sp³-hybridized carbons (Fsp3) is 0.615. The molecule has 2 rings (SSSR count). The number of ether oxygens (including phenoxy) is 1. The summed E-state index contributed by atoms with van der Waals surface area (Å²) in [5, 5.41) is 0. The number of aromatic nitrogens is 2. The first kappa shape index (κ1) is 13.7. The van der Waals surface area contributed by atoms with Gasteiger partial charge in [-0.05, 0) is 26.2 Å². The fourth-order valence-corrected chi connectivity index (χ4v) is 2.27. The molecule has 0 saturated carbocycles. The normalized spacial score (nSPS) is 19.4. The van der Waals surface area contributed by atoms with Crippen LogP contribution in [0.1, 0.15) is 36.5 Å². The summed E-state index contributed by atoms with van der Waals surface area (Å²) in [4.78, 5) is 35.2. The molecule has 6 heteroatoms. The summed E-state index contributed by atoms with van der Waals surface area (Å²) in [5.41, 5.74) is -0.916. The lowest BCUT2D eigenvalue weighted by molar-refractivity contribution is 0.00497. The van der Waals surface area contributed by atoms with Crippen LogP contribution in [0.15, 0.2) is 15.8 Å². The van der Waals surface area contributed by atoms with Crippen LogP contribution in [0.4, 0.5) is 0 Å². The SMILES string of the molecule is CC(=O)c1cn(C[C@@H]2CCCCO2)c(=O)n(C)c1=O. The Bertz CT molecular complexity index is 594. The molecule has 0 bridgehead atoms. The van der Waals surface area contributed by atoms with Crippen molar-refractivity contribution in [1.29, 1.82) is 0 Å². The van der Waals surface area contributed by atoms with E-state index in [2.05, 4.69) is 0 Å². The number of carbonyl (C=O) groups is 1. The summed E-state index contributed by atoms with van der Waals surface area (Å²) in [6, 6.07) is 0. The van der Waals surface area contributed by atoms with Crippen molar-refractivity contribution in [2.24, 2.45) is 7.05 Å². The summed E-state index contributed by atoms with van der Waals surface area (Å²) >= 11 is 0.